The molecule has 0 saturated carbocycles. The van der Waals surface area contributed by atoms with E-state index < -0.39 is 4.75 Å². The van der Waals surface area contributed by atoms with Gasteiger partial charge in [-0.25, -0.2) is 0 Å². The molecular formula is C9H16O3S. The monoisotopic (exact) mass is 204 g/mol. The molecule has 13 heavy (non-hydrogen) atoms. The molecule has 0 aliphatic heterocycles. The zero-order valence-electron chi connectivity index (χ0n) is 8.55. The molecule has 0 fully saturated rings. The van der Waals surface area contributed by atoms with E-state index in [0.29, 0.717) is 6.61 Å². The van der Waals surface area contributed by atoms with Gasteiger partial charge in [-0.2, -0.15) is 0 Å². The molecule has 0 bridgehead atoms. The van der Waals surface area contributed by atoms with Crippen molar-refractivity contribution < 1.29 is 14.3 Å². The maximum atomic E-state index is 11.4. The highest BCUT2D eigenvalue weighted by molar-refractivity contribution is 8.15. The molecule has 0 aromatic carbocycles. The highest BCUT2D eigenvalue weighted by Crippen LogP contribution is 2.26. The van der Waals surface area contributed by atoms with Gasteiger partial charge in [-0.1, -0.05) is 18.7 Å². The quantitative estimate of drug-likeness (QED) is 0.657. The van der Waals surface area contributed by atoms with Gasteiger partial charge >= 0.3 is 5.97 Å². The third kappa shape index (κ3) is 4.93. The van der Waals surface area contributed by atoms with E-state index in [9.17, 15) is 9.59 Å². The van der Waals surface area contributed by atoms with Gasteiger partial charge in [0.1, 0.15) is 4.75 Å². The van der Waals surface area contributed by atoms with E-state index in [1.54, 1.807) is 13.8 Å². The molecule has 0 aromatic heterocycles. The van der Waals surface area contributed by atoms with Crippen LogP contribution in [0.5, 0.6) is 0 Å². The Morgan fingerprint density at radius 2 is 1.92 bits per heavy atom. The van der Waals surface area contributed by atoms with E-state index in [4.69, 9.17) is 4.74 Å². The summed E-state index contributed by atoms with van der Waals surface area (Å²) >= 11 is 1.00. The van der Waals surface area contributed by atoms with Gasteiger partial charge in [0.25, 0.3) is 0 Å². The minimum atomic E-state index is -0.763. The standard InChI is InChI=1S/C9H16O3S/c1-5-6-12-8(11)9(3,4)13-7(2)10/h5-6H2,1-4H3. The third-order valence-corrected chi connectivity index (χ3v) is 2.29. The van der Waals surface area contributed by atoms with Crippen LogP contribution in [0.15, 0.2) is 0 Å². The minimum absolute atomic E-state index is 0.0709. The summed E-state index contributed by atoms with van der Waals surface area (Å²) in [6.45, 7) is 7.17. The van der Waals surface area contributed by atoms with Crippen LogP contribution < -0.4 is 0 Å². The second-order valence-electron chi connectivity index (χ2n) is 3.24. The van der Waals surface area contributed by atoms with Gasteiger partial charge in [0.15, 0.2) is 5.12 Å². The normalized spacial score (nSPS) is 11.1. The SMILES string of the molecule is CCCOC(=O)C(C)(C)SC(C)=O. The van der Waals surface area contributed by atoms with Crippen molar-refractivity contribution in [1.29, 1.82) is 0 Å². The number of carbonyl (C=O) groups is 2. The maximum Gasteiger partial charge on any atom is 0.322 e. The molecule has 0 saturated heterocycles. The van der Waals surface area contributed by atoms with Crippen molar-refractivity contribution in [2.24, 2.45) is 0 Å². The van der Waals surface area contributed by atoms with Crippen LogP contribution in [-0.4, -0.2) is 22.4 Å². The molecule has 0 aliphatic carbocycles. The largest absolute Gasteiger partial charge is 0.465 e. The number of rotatable bonds is 4. The molecule has 0 heterocycles. The summed E-state index contributed by atoms with van der Waals surface area (Å²) in [5.74, 6) is -0.324. The van der Waals surface area contributed by atoms with Crippen LogP contribution >= 0.6 is 11.8 Å². The predicted octanol–water partition coefficient (Wildman–Crippen LogP) is 2.00. The zero-order valence-corrected chi connectivity index (χ0v) is 9.36. The van der Waals surface area contributed by atoms with Crippen molar-refractivity contribution in [1.82, 2.24) is 0 Å². The van der Waals surface area contributed by atoms with E-state index in [-0.39, 0.29) is 11.1 Å². The summed E-state index contributed by atoms with van der Waals surface area (Å²) in [6, 6.07) is 0. The Balaban J connectivity index is 4.10. The molecule has 0 unspecified atom stereocenters. The fraction of sp³-hybridized carbons (Fsp3) is 0.778. The second-order valence-corrected chi connectivity index (χ2v) is 5.04. The van der Waals surface area contributed by atoms with Crippen LogP contribution in [0.2, 0.25) is 0 Å². The van der Waals surface area contributed by atoms with Crippen molar-refractivity contribution in [2.45, 2.75) is 38.9 Å². The maximum absolute atomic E-state index is 11.4. The Bertz CT molecular complexity index is 199. The van der Waals surface area contributed by atoms with Gasteiger partial charge in [0.2, 0.25) is 0 Å². The summed E-state index contributed by atoms with van der Waals surface area (Å²) in [4.78, 5) is 22.2. The lowest BCUT2D eigenvalue weighted by atomic mass is 10.2. The predicted molar refractivity (Wildman–Crippen MR) is 53.6 cm³/mol. The molecule has 0 N–H and O–H groups in total. The van der Waals surface area contributed by atoms with Gasteiger partial charge in [-0.15, -0.1) is 0 Å². The molecule has 0 spiro atoms. The molecule has 0 aromatic rings. The molecule has 4 heteroatoms. The number of ether oxygens (including phenoxy) is 1. The fourth-order valence-electron chi connectivity index (χ4n) is 0.770. The summed E-state index contributed by atoms with van der Waals surface area (Å²) in [5, 5.41) is -0.0709. The van der Waals surface area contributed by atoms with E-state index in [0.717, 1.165) is 18.2 Å². The van der Waals surface area contributed by atoms with Crippen molar-refractivity contribution in [3.63, 3.8) is 0 Å². The Morgan fingerprint density at radius 3 is 2.31 bits per heavy atom. The first-order valence-electron chi connectivity index (χ1n) is 4.27. The van der Waals surface area contributed by atoms with Crippen molar-refractivity contribution in [3.05, 3.63) is 0 Å². The molecule has 0 atom stereocenters. The van der Waals surface area contributed by atoms with Gasteiger partial charge < -0.3 is 4.74 Å². The van der Waals surface area contributed by atoms with E-state index in [1.807, 2.05) is 6.92 Å². The average molecular weight is 204 g/mol. The Kier molecular flexibility index (Phi) is 5.06. The third-order valence-electron chi connectivity index (χ3n) is 1.33. The molecular weight excluding hydrogens is 188 g/mol. The average Bonchev–Trinajstić information content (AvgIpc) is 1.97. The van der Waals surface area contributed by atoms with Crippen LogP contribution in [0, 0.1) is 0 Å². The summed E-state index contributed by atoms with van der Waals surface area (Å²) in [5.41, 5.74) is 0. The van der Waals surface area contributed by atoms with Gasteiger partial charge in [0, 0.05) is 6.92 Å². The first-order valence-corrected chi connectivity index (χ1v) is 5.08. The Morgan fingerprint density at radius 1 is 1.38 bits per heavy atom. The Hall–Kier alpha value is -0.510. The van der Waals surface area contributed by atoms with Crippen molar-refractivity contribution in [2.75, 3.05) is 6.61 Å². The van der Waals surface area contributed by atoms with E-state index >= 15 is 0 Å². The van der Waals surface area contributed by atoms with E-state index in [2.05, 4.69) is 0 Å². The van der Waals surface area contributed by atoms with Gasteiger partial charge in [-0.3, -0.25) is 9.59 Å². The summed E-state index contributed by atoms with van der Waals surface area (Å²) in [6.07, 6.45) is 0.798. The van der Waals surface area contributed by atoms with E-state index in [1.165, 1.54) is 6.92 Å². The smallest absolute Gasteiger partial charge is 0.322 e. The van der Waals surface area contributed by atoms with Crippen molar-refractivity contribution in [3.8, 4) is 0 Å². The number of esters is 1. The molecule has 0 aliphatic rings. The van der Waals surface area contributed by atoms with Crippen LogP contribution in [0.3, 0.4) is 0 Å². The van der Waals surface area contributed by atoms with Gasteiger partial charge in [0.05, 0.1) is 6.61 Å². The molecule has 3 nitrogen and oxygen atoms in total. The lowest BCUT2D eigenvalue weighted by Crippen LogP contribution is -2.31. The number of carbonyl (C=O) groups excluding carboxylic acids is 2. The lowest BCUT2D eigenvalue weighted by Gasteiger charge is -2.19. The molecule has 0 amide bonds. The van der Waals surface area contributed by atoms with Crippen LogP contribution in [0.25, 0.3) is 0 Å². The highest BCUT2D eigenvalue weighted by Gasteiger charge is 2.31. The summed E-state index contributed by atoms with van der Waals surface area (Å²) in [7, 11) is 0. The first-order chi connectivity index (χ1) is 5.90. The number of thioether (sulfide) groups is 1. The fourth-order valence-corrected chi connectivity index (χ4v) is 1.63. The van der Waals surface area contributed by atoms with Crippen LogP contribution in [-0.2, 0) is 14.3 Å². The van der Waals surface area contributed by atoms with Crippen LogP contribution in [0.1, 0.15) is 34.1 Å². The van der Waals surface area contributed by atoms with Crippen molar-refractivity contribution >= 4 is 22.8 Å². The summed E-state index contributed by atoms with van der Waals surface area (Å²) < 4.78 is 4.18. The highest BCUT2D eigenvalue weighted by atomic mass is 32.2. The van der Waals surface area contributed by atoms with Gasteiger partial charge in [-0.05, 0) is 20.3 Å². The number of hydrogen-bond acceptors (Lipinski definition) is 4. The van der Waals surface area contributed by atoms with Crippen LogP contribution in [0.4, 0.5) is 0 Å². The first kappa shape index (κ1) is 12.5. The lowest BCUT2D eigenvalue weighted by molar-refractivity contribution is -0.145. The molecule has 76 valence electrons. The topological polar surface area (TPSA) is 43.4 Å². The minimum Gasteiger partial charge on any atom is -0.465 e. The zero-order chi connectivity index (χ0) is 10.5. The molecule has 0 radical (unpaired) electrons. The Labute approximate surface area is 83.2 Å². The molecule has 0 rings (SSSR count). The number of hydrogen-bond donors (Lipinski definition) is 0. The second kappa shape index (κ2) is 5.27.